The first-order valence-electron chi connectivity index (χ1n) is 11.4. The fourth-order valence-corrected chi connectivity index (χ4v) is 4.60. The first-order chi connectivity index (χ1) is 16.2. The van der Waals surface area contributed by atoms with E-state index in [1.54, 1.807) is 12.1 Å². The van der Waals surface area contributed by atoms with Crippen molar-refractivity contribution in [2.24, 2.45) is 4.99 Å². The largest absolute Gasteiger partial charge is 0.492 e. The summed E-state index contributed by atoms with van der Waals surface area (Å²) in [5.74, 6) is 2.33. The van der Waals surface area contributed by atoms with E-state index in [2.05, 4.69) is 19.7 Å². The van der Waals surface area contributed by atoms with Crippen LogP contribution in [0.1, 0.15) is 42.5 Å². The maximum absolute atomic E-state index is 11.4. The second-order valence-corrected chi connectivity index (χ2v) is 8.22. The number of non-ortho nitro benzene ring substituents is 1. The predicted octanol–water partition coefficient (Wildman–Crippen LogP) is 3.56. The highest BCUT2D eigenvalue weighted by Gasteiger charge is 2.27. The van der Waals surface area contributed by atoms with Crippen LogP contribution in [0.5, 0.6) is 5.75 Å². The zero-order chi connectivity index (χ0) is 22.8. The van der Waals surface area contributed by atoms with E-state index < -0.39 is 0 Å². The number of nitrogens with zero attached hydrogens (tertiary/aromatic N) is 6. The summed E-state index contributed by atoms with van der Waals surface area (Å²) in [7, 11) is 0. The van der Waals surface area contributed by atoms with Crippen LogP contribution < -0.4 is 4.74 Å². The molecule has 2 aliphatic heterocycles. The lowest BCUT2D eigenvalue weighted by atomic mass is 9.99. The number of benzene rings is 2. The number of aromatic nitrogens is 3. The van der Waals surface area contributed by atoms with Gasteiger partial charge in [0.05, 0.1) is 17.2 Å². The minimum Gasteiger partial charge on any atom is -0.492 e. The average molecular weight is 447 g/mol. The molecule has 1 aromatic heterocycles. The van der Waals surface area contributed by atoms with E-state index in [1.807, 2.05) is 31.2 Å². The van der Waals surface area contributed by atoms with Crippen molar-refractivity contribution in [3.05, 3.63) is 75.4 Å². The van der Waals surface area contributed by atoms with Gasteiger partial charge < -0.3 is 9.64 Å². The molecule has 3 aromatic rings. The summed E-state index contributed by atoms with van der Waals surface area (Å²) in [6, 6.07) is 12.4. The van der Waals surface area contributed by atoms with E-state index in [0.29, 0.717) is 24.4 Å². The van der Waals surface area contributed by atoms with Crippen LogP contribution in [0, 0.1) is 10.1 Å². The van der Waals surface area contributed by atoms with Gasteiger partial charge in [-0.25, -0.2) is 0 Å². The van der Waals surface area contributed by atoms with Gasteiger partial charge in [-0.05, 0) is 38.9 Å². The van der Waals surface area contributed by atoms with Crippen molar-refractivity contribution < 1.29 is 9.66 Å². The Morgan fingerprint density at radius 2 is 1.94 bits per heavy atom. The van der Waals surface area contributed by atoms with E-state index in [9.17, 15) is 10.1 Å². The molecule has 1 saturated heterocycles. The Bertz CT molecular complexity index is 1210. The summed E-state index contributed by atoms with van der Waals surface area (Å²) >= 11 is 0. The summed E-state index contributed by atoms with van der Waals surface area (Å²) in [5, 5.41) is 20.3. The van der Waals surface area contributed by atoms with E-state index in [0.717, 1.165) is 54.7 Å². The third kappa shape index (κ3) is 4.11. The van der Waals surface area contributed by atoms with Gasteiger partial charge in [-0.1, -0.05) is 24.3 Å². The fraction of sp³-hybridized carbons (Fsp3) is 0.375. The summed E-state index contributed by atoms with van der Waals surface area (Å²) in [5.41, 5.74) is 3.11. The molecule has 0 spiro atoms. The molecule has 33 heavy (non-hydrogen) atoms. The lowest BCUT2D eigenvalue weighted by Gasteiger charge is -2.19. The van der Waals surface area contributed by atoms with Crippen molar-refractivity contribution in [3.8, 4) is 11.4 Å². The average Bonchev–Trinajstić information content (AvgIpc) is 3.45. The van der Waals surface area contributed by atoms with Gasteiger partial charge in [0.15, 0.2) is 5.82 Å². The molecule has 9 nitrogen and oxygen atoms in total. The Balaban J connectivity index is 1.62. The summed E-state index contributed by atoms with van der Waals surface area (Å²) in [4.78, 5) is 18.3. The minimum atomic E-state index is -0.385. The molecule has 0 bridgehead atoms. The maximum atomic E-state index is 11.4. The molecule has 0 amide bonds. The molecule has 1 fully saturated rings. The molecule has 0 saturated carbocycles. The van der Waals surface area contributed by atoms with Crippen LogP contribution in [0.4, 0.5) is 5.69 Å². The zero-order valence-electron chi connectivity index (χ0n) is 18.6. The third-order valence-electron chi connectivity index (χ3n) is 6.13. The number of likely N-dealkylation sites (tertiary alicyclic amines) is 1. The van der Waals surface area contributed by atoms with Gasteiger partial charge in [0.1, 0.15) is 23.8 Å². The molecule has 2 aliphatic rings. The second kappa shape index (κ2) is 9.11. The van der Waals surface area contributed by atoms with Gasteiger partial charge in [0, 0.05) is 36.2 Å². The molecule has 0 aliphatic carbocycles. The molecule has 0 atom stereocenters. The molecular formula is C24H26N6O3. The van der Waals surface area contributed by atoms with E-state index in [4.69, 9.17) is 9.73 Å². The molecule has 0 radical (unpaired) electrons. The van der Waals surface area contributed by atoms with Crippen molar-refractivity contribution >= 4 is 11.4 Å². The topological polar surface area (TPSA) is 98.7 Å². The standard InChI is InChI=1S/C24H26N6O3/c1-2-33-20-10-6-9-19-23(17-7-5-8-18(15-17)30(31)32)25-16-22-27-26-21(29(22)24(19)20)11-14-28-12-3-4-13-28/h5-10,15H,2-4,11-14,16H2,1H3. The highest BCUT2D eigenvalue weighted by Crippen LogP contribution is 2.34. The maximum Gasteiger partial charge on any atom is 0.270 e. The molecular weight excluding hydrogens is 420 g/mol. The number of para-hydroxylation sites is 1. The number of nitro benzene ring substituents is 1. The van der Waals surface area contributed by atoms with Gasteiger partial charge in [0.25, 0.3) is 5.69 Å². The lowest BCUT2D eigenvalue weighted by Crippen LogP contribution is -2.23. The number of ether oxygens (including phenoxy) is 1. The van der Waals surface area contributed by atoms with Crippen LogP contribution >= 0.6 is 0 Å². The van der Waals surface area contributed by atoms with Crippen LogP contribution in [0.15, 0.2) is 47.5 Å². The quantitative estimate of drug-likeness (QED) is 0.406. The highest BCUT2D eigenvalue weighted by atomic mass is 16.6. The monoisotopic (exact) mass is 446 g/mol. The van der Waals surface area contributed by atoms with Gasteiger partial charge in [-0.15, -0.1) is 10.2 Å². The van der Waals surface area contributed by atoms with Crippen LogP contribution in [0.3, 0.4) is 0 Å². The van der Waals surface area contributed by atoms with E-state index in [1.165, 1.54) is 18.9 Å². The molecule has 0 unspecified atom stereocenters. The SMILES string of the molecule is CCOc1cccc2c1-n1c(CCN3CCCC3)nnc1CN=C2c1cccc([N+](=O)[O-])c1. The third-order valence-corrected chi connectivity index (χ3v) is 6.13. The van der Waals surface area contributed by atoms with Crippen molar-refractivity contribution in [1.29, 1.82) is 0 Å². The number of nitro groups is 1. The molecule has 9 heteroatoms. The number of fused-ring (bicyclic) bond motifs is 3. The molecule has 5 rings (SSSR count). The van der Waals surface area contributed by atoms with Crippen molar-refractivity contribution in [2.75, 3.05) is 26.2 Å². The van der Waals surface area contributed by atoms with Gasteiger partial charge in [0.2, 0.25) is 0 Å². The number of hydrogen-bond donors (Lipinski definition) is 0. The summed E-state index contributed by atoms with van der Waals surface area (Å²) < 4.78 is 8.09. The minimum absolute atomic E-state index is 0.0349. The molecule has 3 heterocycles. The first-order valence-corrected chi connectivity index (χ1v) is 11.4. The Morgan fingerprint density at radius 1 is 1.12 bits per heavy atom. The van der Waals surface area contributed by atoms with Crippen molar-refractivity contribution in [3.63, 3.8) is 0 Å². The molecule has 170 valence electrons. The van der Waals surface area contributed by atoms with Gasteiger partial charge in [-0.3, -0.25) is 19.7 Å². The highest BCUT2D eigenvalue weighted by molar-refractivity contribution is 6.16. The Morgan fingerprint density at radius 3 is 2.73 bits per heavy atom. The number of aliphatic imine (C=N–C) groups is 1. The molecule has 0 N–H and O–H groups in total. The summed E-state index contributed by atoms with van der Waals surface area (Å²) in [6.07, 6.45) is 3.27. The van der Waals surface area contributed by atoms with Crippen LogP contribution in [0.25, 0.3) is 5.69 Å². The Kier molecular flexibility index (Phi) is 5.87. The normalized spacial score (nSPS) is 15.5. The summed E-state index contributed by atoms with van der Waals surface area (Å²) in [6.45, 7) is 5.98. The van der Waals surface area contributed by atoms with Crippen molar-refractivity contribution in [2.45, 2.75) is 32.7 Å². The number of rotatable bonds is 7. The first kappa shape index (κ1) is 21.3. The van der Waals surface area contributed by atoms with Gasteiger partial charge >= 0.3 is 0 Å². The molecule has 2 aromatic carbocycles. The van der Waals surface area contributed by atoms with Crippen LogP contribution in [0.2, 0.25) is 0 Å². The number of hydrogen-bond acceptors (Lipinski definition) is 7. The van der Waals surface area contributed by atoms with Gasteiger partial charge in [-0.2, -0.15) is 0 Å². The van der Waals surface area contributed by atoms with Crippen LogP contribution in [-0.2, 0) is 13.0 Å². The van der Waals surface area contributed by atoms with E-state index >= 15 is 0 Å². The second-order valence-electron chi connectivity index (χ2n) is 8.22. The zero-order valence-corrected chi connectivity index (χ0v) is 18.6. The van der Waals surface area contributed by atoms with Crippen LogP contribution in [-0.4, -0.2) is 56.5 Å². The Hall–Kier alpha value is -3.59. The van der Waals surface area contributed by atoms with Crippen molar-refractivity contribution in [1.82, 2.24) is 19.7 Å². The smallest absolute Gasteiger partial charge is 0.270 e. The predicted molar refractivity (Wildman–Crippen MR) is 124 cm³/mol. The van der Waals surface area contributed by atoms with E-state index in [-0.39, 0.29) is 10.6 Å². The lowest BCUT2D eigenvalue weighted by molar-refractivity contribution is -0.384. The fourth-order valence-electron chi connectivity index (χ4n) is 4.60. The Labute approximate surface area is 191 Å².